The van der Waals surface area contributed by atoms with E-state index in [1.54, 1.807) is 10.2 Å². The first kappa shape index (κ1) is 23.2. The van der Waals surface area contributed by atoms with E-state index in [-0.39, 0.29) is 28.5 Å². The second kappa shape index (κ2) is 8.43. The van der Waals surface area contributed by atoms with Gasteiger partial charge >= 0.3 is 12.2 Å². The molecule has 180 valence electrons. The average Bonchev–Trinajstić information content (AvgIpc) is 3.02. The molecule has 0 unspecified atom stereocenters. The van der Waals surface area contributed by atoms with E-state index < -0.39 is 47.1 Å². The van der Waals surface area contributed by atoms with E-state index in [0.717, 1.165) is 6.07 Å². The number of amides is 3. The van der Waals surface area contributed by atoms with Crippen molar-refractivity contribution in [2.24, 2.45) is 11.7 Å². The summed E-state index contributed by atoms with van der Waals surface area (Å²) in [6, 6.07) is -2.58. The maximum Gasteiger partial charge on any atom is 0.416 e. The molecule has 4 rings (SSSR count). The van der Waals surface area contributed by atoms with Crippen molar-refractivity contribution in [3.63, 3.8) is 0 Å². The van der Waals surface area contributed by atoms with Crippen LogP contribution in [-0.2, 0) is 4.79 Å². The van der Waals surface area contributed by atoms with Gasteiger partial charge in [0.05, 0.1) is 24.0 Å². The molecular formula is C20H17F5N6O3. The Kier molecular flexibility index (Phi) is 5.75. The lowest BCUT2D eigenvalue weighted by molar-refractivity contribution is -0.158. The third-order valence-corrected chi connectivity index (χ3v) is 5.32. The number of fused-ring (bicyclic) bond motifs is 1. The molecule has 4 N–H and O–H groups in total. The Morgan fingerprint density at radius 2 is 1.85 bits per heavy atom. The van der Waals surface area contributed by atoms with Crippen LogP contribution in [0.15, 0.2) is 28.9 Å². The van der Waals surface area contributed by atoms with Crippen molar-refractivity contribution in [2.75, 3.05) is 23.3 Å². The van der Waals surface area contributed by atoms with Gasteiger partial charge in [-0.3, -0.25) is 4.79 Å². The third kappa shape index (κ3) is 4.43. The monoisotopic (exact) mass is 484 g/mol. The van der Waals surface area contributed by atoms with Crippen LogP contribution in [0.3, 0.4) is 0 Å². The van der Waals surface area contributed by atoms with Crippen molar-refractivity contribution >= 4 is 34.5 Å². The zero-order valence-corrected chi connectivity index (χ0v) is 17.4. The Hall–Kier alpha value is -3.97. The number of rotatable bonds is 5. The second-order valence-electron chi connectivity index (χ2n) is 7.70. The Labute approximate surface area is 188 Å². The molecule has 2 aromatic heterocycles. The zero-order chi connectivity index (χ0) is 24.8. The van der Waals surface area contributed by atoms with Gasteiger partial charge in [-0.15, -0.1) is 0 Å². The SMILES string of the molecule is Cc1c([C@@H](NC(=O)Nc2cnc(N3CC(C(N)=O)C3)nc2)C(F)(F)F)oc2c(F)cc(F)cc12. The summed E-state index contributed by atoms with van der Waals surface area (Å²) in [7, 11) is 0. The lowest BCUT2D eigenvalue weighted by Gasteiger charge is -2.37. The summed E-state index contributed by atoms with van der Waals surface area (Å²) >= 11 is 0. The fraction of sp³-hybridized carbons (Fsp3) is 0.300. The van der Waals surface area contributed by atoms with Crippen LogP contribution in [-0.4, -0.2) is 41.2 Å². The summed E-state index contributed by atoms with van der Waals surface area (Å²) < 4.78 is 73.7. The summed E-state index contributed by atoms with van der Waals surface area (Å²) in [4.78, 5) is 33.0. The first-order valence-electron chi connectivity index (χ1n) is 9.82. The molecule has 0 radical (unpaired) electrons. The van der Waals surface area contributed by atoms with Crippen LogP contribution in [0.2, 0.25) is 0 Å². The number of carbonyl (C=O) groups is 2. The van der Waals surface area contributed by atoms with E-state index in [0.29, 0.717) is 19.2 Å². The van der Waals surface area contributed by atoms with Crippen molar-refractivity contribution in [2.45, 2.75) is 19.1 Å². The lowest BCUT2D eigenvalue weighted by Crippen LogP contribution is -2.53. The number of hydrogen-bond donors (Lipinski definition) is 3. The van der Waals surface area contributed by atoms with Gasteiger partial charge in [0.1, 0.15) is 11.6 Å². The van der Waals surface area contributed by atoms with Gasteiger partial charge < -0.3 is 25.7 Å². The Bertz CT molecular complexity index is 1250. The quantitative estimate of drug-likeness (QED) is 0.478. The first-order chi connectivity index (χ1) is 15.9. The number of nitrogens with zero attached hydrogens (tertiary/aromatic N) is 3. The number of aryl methyl sites for hydroxylation is 1. The number of benzene rings is 1. The molecule has 3 aromatic rings. The molecular weight excluding hydrogens is 467 g/mol. The van der Waals surface area contributed by atoms with Crippen molar-refractivity contribution in [1.82, 2.24) is 15.3 Å². The fourth-order valence-corrected chi connectivity index (χ4v) is 3.50. The standard InChI is InChI=1S/C20H17F5N6O3/c1-8-12-2-10(21)3-13(22)15(12)34-14(8)16(20(23,24)25)30-19(33)29-11-4-27-18(28-5-11)31-6-9(7-31)17(26)32/h2-5,9,16H,6-7H2,1H3,(H2,26,32)(H2,29,30,33)/t16-/m1/s1. The summed E-state index contributed by atoms with van der Waals surface area (Å²) in [6.45, 7) is 1.86. The topological polar surface area (TPSA) is 126 Å². The number of aromatic nitrogens is 2. The Balaban J connectivity index is 1.49. The number of nitrogens with one attached hydrogen (secondary N) is 2. The molecule has 0 saturated carbocycles. The summed E-state index contributed by atoms with van der Waals surface area (Å²) in [6.07, 6.45) is -2.67. The molecule has 0 aliphatic carbocycles. The average molecular weight is 484 g/mol. The maximum atomic E-state index is 14.0. The predicted molar refractivity (Wildman–Crippen MR) is 109 cm³/mol. The van der Waals surface area contributed by atoms with Crippen LogP contribution < -0.4 is 21.3 Å². The highest BCUT2D eigenvalue weighted by Gasteiger charge is 2.45. The first-order valence-corrected chi connectivity index (χ1v) is 9.82. The minimum Gasteiger partial charge on any atom is -0.455 e. The van der Waals surface area contributed by atoms with Gasteiger partial charge in [0.15, 0.2) is 17.4 Å². The van der Waals surface area contributed by atoms with Gasteiger partial charge in [0.2, 0.25) is 11.9 Å². The number of primary amides is 1. The van der Waals surface area contributed by atoms with E-state index in [1.807, 2.05) is 0 Å². The highest BCUT2D eigenvalue weighted by Crippen LogP contribution is 2.39. The number of nitrogens with two attached hydrogens (primary N) is 1. The molecule has 14 heteroatoms. The van der Waals surface area contributed by atoms with Crippen LogP contribution in [0, 0.1) is 24.5 Å². The minimum absolute atomic E-state index is 0.0106. The van der Waals surface area contributed by atoms with Crippen LogP contribution >= 0.6 is 0 Å². The van der Waals surface area contributed by atoms with E-state index in [1.165, 1.54) is 19.3 Å². The van der Waals surface area contributed by atoms with E-state index in [9.17, 15) is 31.5 Å². The molecule has 0 bridgehead atoms. The van der Waals surface area contributed by atoms with Crippen LogP contribution in [0.5, 0.6) is 0 Å². The van der Waals surface area contributed by atoms with Gasteiger partial charge in [0.25, 0.3) is 0 Å². The molecule has 3 amide bonds. The van der Waals surface area contributed by atoms with E-state index >= 15 is 0 Å². The molecule has 3 heterocycles. The zero-order valence-electron chi connectivity index (χ0n) is 17.4. The van der Waals surface area contributed by atoms with Crippen molar-refractivity contribution < 1.29 is 36.0 Å². The number of anilines is 2. The van der Waals surface area contributed by atoms with Crippen molar-refractivity contribution in [3.05, 3.63) is 47.5 Å². The molecule has 1 saturated heterocycles. The molecule has 1 atom stereocenters. The van der Waals surface area contributed by atoms with Gasteiger partial charge in [-0.2, -0.15) is 13.2 Å². The second-order valence-corrected chi connectivity index (χ2v) is 7.70. The third-order valence-electron chi connectivity index (χ3n) is 5.32. The number of alkyl halides is 3. The molecule has 0 spiro atoms. The van der Waals surface area contributed by atoms with Gasteiger partial charge in [-0.05, 0) is 13.0 Å². The fourth-order valence-electron chi connectivity index (χ4n) is 3.50. The summed E-state index contributed by atoms with van der Waals surface area (Å²) in [5, 5.41) is 3.72. The molecule has 1 fully saturated rings. The van der Waals surface area contributed by atoms with Crippen LogP contribution in [0.25, 0.3) is 11.0 Å². The molecule has 1 aliphatic rings. The minimum atomic E-state index is -5.01. The van der Waals surface area contributed by atoms with Gasteiger partial charge in [-0.1, -0.05) is 0 Å². The normalized spacial score (nSPS) is 15.2. The molecule has 9 nitrogen and oxygen atoms in total. The Morgan fingerprint density at radius 1 is 1.21 bits per heavy atom. The largest absolute Gasteiger partial charge is 0.455 e. The number of hydrogen-bond acceptors (Lipinski definition) is 6. The lowest BCUT2D eigenvalue weighted by atomic mass is 10.0. The summed E-state index contributed by atoms with van der Waals surface area (Å²) in [5.41, 5.74) is 4.45. The van der Waals surface area contributed by atoms with Crippen LogP contribution in [0.1, 0.15) is 17.4 Å². The highest BCUT2D eigenvalue weighted by molar-refractivity contribution is 5.89. The molecule has 1 aromatic carbocycles. The summed E-state index contributed by atoms with van der Waals surface area (Å²) in [5.74, 6) is -3.45. The number of halogens is 5. The number of furan rings is 1. The Morgan fingerprint density at radius 3 is 2.44 bits per heavy atom. The van der Waals surface area contributed by atoms with Gasteiger partial charge in [0, 0.05) is 30.1 Å². The van der Waals surface area contributed by atoms with E-state index in [4.69, 9.17) is 10.2 Å². The molecule has 34 heavy (non-hydrogen) atoms. The smallest absolute Gasteiger partial charge is 0.416 e. The van der Waals surface area contributed by atoms with Crippen molar-refractivity contribution in [1.29, 1.82) is 0 Å². The number of carbonyl (C=O) groups excluding carboxylic acids is 2. The maximum absolute atomic E-state index is 14.0. The van der Waals surface area contributed by atoms with Gasteiger partial charge in [-0.25, -0.2) is 23.5 Å². The predicted octanol–water partition coefficient (Wildman–Crippen LogP) is 3.16. The molecule has 1 aliphatic heterocycles. The van der Waals surface area contributed by atoms with Crippen molar-refractivity contribution in [3.8, 4) is 0 Å². The van der Waals surface area contributed by atoms with E-state index in [2.05, 4.69) is 15.3 Å². The number of urea groups is 1. The highest BCUT2D eigenvalue weighted by atomic mass is 19.4. The van der Waals surface area contributed by atoms with Crippen LogP contribution in [0.4, 0.5) is 38.4 Å².